The molecular formula is C20H25NO3. The molecule has 0 bridgehead atoms. The van der Waals surface area contributed by atoms with Gasteiger partial charge in [0.1, 0.15) is 17.3 Å². The van der Waals surface area contributed by atoms with Gasteiger partial charge in [-0.15, -0.1) is 0 Å². The maximum atomic E-state index is 12.9. The average Bonchev–Trinajstić information content (AvgIpc) is 2.92. The second kappa shape index (κ2) is 7.12. The summed E-state index contributed by atoms with van der Waals surface area (Å²) in [6.45, 7) is 4.56. The summed E-state index contributed by atoms with van der Waals surface area (Å²) in [7, 11) is 0. The van der Waals surface area contributed by atoms with Crippen molar-refractivity contribution >= 4 is 5.91 Å². The van der Waals surface area contributed by atoms with E-state index in [9.17, 15) is 9.90 Å². The molecule has 1 aromatic carbocycles. The Morgan fingerprint density at radius 2 is 2.00 bits per heavy atom. The molecule has 128 valence electrons. The van der Waals surface area contributed by atoms with E-state index in [2.05, 4.69) is 0 Å². The van der Waals surface area contributed by atoms with E-state index in [4.69, 9.17) is 4.42 Å². The van der Waals surface area contributed by atoms with Crippen molar-refractivity contribution in [2.45, 2.75) is 52.0 Å². The molecule has 0 aliphatic carbocycles. The third-order valence-corrected chi connectivity index (χ3v) is 4.86. The summed E-state index contributed by atoms with van der Waals surface area (Å²) in [6, 6.07) is 9.47. The summed E-state index contributed by atoms with van der Waals surface area (Å²) in [4.78, 5) is 15.0. The second-order valence-corrected chi connectivity index (χ2v) is 6.68. The predicted octanol–water partition coefficient (Wildman–Crippen LogP) is 4.23. The fourth-order valence-corrected chi connectivity index (χ4v) is 3.56. The average molecular weight is 327 g/mol. The molecule has 1 atom stereocenters. The van der Waals surface area contributed by atoms with Crippen LogP contribution in [0.25, 0.3) is 0 Å². The third kappa shape index (κ3) is 3.64. The normalized spacial score (nSPS) is 17.9. The minimum Gasteiger partial charge on any atom is -0.508 e. The fourth-order valence-electron chi connectivity index (χ4n) is 3.56. The number of phenols is 1. The summed E-state index contributed by atoms with van der Waals surface area (Å²) in [5.41, 5.74) is 1.89. The molecule has 1 amide bonds. The van der Waals surface area contributed by atoms with Crippen molar-refractivity contribution in [1.82, 2.24) is 4.90 Å². The number of phenolic OH excluding ortho intramolecular Hbond substituents is 1. The minimum atomic E-state index is 0.0970. The lowest BCUT2D eigenvalue weighted by Crippen LogP contribution is -2.44. The maximum Gasteiger partial charge on any atom is 0.257 e. The fraction of sp³-hybridized carbons (Fsp3) is 0.450. The molecule has 1 fully saturated rings. The van der Waals surface area contributed by atoms with Gasteiger partial charge in [0.2, 0.25) is 0 Å². The number of hydrogen-bond acceptors (Lipinski definition) is 3. The zero-order valence-corrected chi connectivity index (χ0v) is 14.4. The van der Waals surface area contributed by atoms with Gasteiger partial charge in [0.05, 0.1) is 5.56 Å². The van der Waals surface area contributed by atoms with Crippen LogP contribution in [0.15, 0.2) is 34.7 Å². The van der Waals surface area contributed by atoms with Gasteiger partial charge in [-0.25, -0.2) is 0 Å². The Kier molecular flexibility index (Phi) is 4.93. The van der Waals surface area contributed by atoms with E-state index in [1.54, 1.807) is 12.1 Å². The van der Waals surface area contributed by atoms with E-state index in [1.165, 1.54) is 12.0 Å². The molecule has 1 aromatic heterocycles. The van der Waals surface area contributed by atoms with E-state index in [0.29, 0.717) is 17.1 Å². The number of likely N-dealkylation sites (tertiary alicyclic amines) is 1. The SMILES string of the molecule is Cc1cc(C(=O)N2CCCCC2CCc2ccc(O)cc2)c(C)o1. The number of aryl methyl sites for hydroxylation is 3. The Bertz CT molecular complexity index is 702. The maximum absolute atomic E-state index is 12.9. The summed E-state index contributed by atoms with van der Waals surface area (Å²) in [6.07, 6.45) is 5.16. The van der Waals surface area contributed by atoms with Crippen LogP contribution in [0.2, 0.25) is 0 Å². The summed E-state index contributed by atoms with van der Waals surface area (Å²) in [5.74, 6) is 1.88. The molecule has 0 saturated carbocycles. The molecule has 24 heavy (non-hydrogen) atoms. The molecule has 1 aliphatic rings. The molecule has 0 spiro atoms. The second-order valence-electron chi connectivity index (χ2n) is 6.68. The summed E-state index contributed by atoms with van der Waals surface area (Å²) < 4.78 is 5.53. The topological polar surface area (TPSA) is 53.7 Å². The molecule has 3 rings (SSSR count). The quantitative estimate of drug-likeness (QED) is 0.914. The molecule has 4 heteroatoms. The van der Waals surface area contributed by atoms with Crippen LogP contribution in [-0.4, -0.2) is 28.5 Å². The van der Waals surface area contributed by atoms with Crippen molar-refractivity contribution in [3.63, 3.8) is 0 Å². The molecule has 1 unspecified atom stereocenters. The monoisotopic (exact) mass is 327 g/mol. The standard InChI is InChI=1S/C20H25NO3/c1-14-13-19(15(2)24-14)20(23)21-12-4-3-5-17(21)9-6-16-7-10-18(22)11-8-16/h7-8,10-11,13,17,22H,3-6,9,12H2,1-2H3. The Morgan fingerprint density at radius 3 is 2.67 bits per heavy atom. The highest BCUT2D eigenvalue weighted by molar-refractivity contribution is 5.95. The number of hydrogen-bond donors (Lipinski definition) is 1. The lowest BCUT2D eigenvalue weighted by Gasteiger charge is -2.36. The van der Waals surface area contributed by atoms with Crippen LogP contribution >= 0.6 is 0 Å². The van der Waals surface area contributed by atoms with E-state index >= 15 is 0 Å². The van der Waals surface area contributed by atoms with Crippen molar-refractivity contribution in [3.8, 4) is 5.75 Å². The van der Waals surface area contributed by atoms with E-state index < -0.39 is 0 Å². The molecular weight excluding hydrogens is 302 g/mol. The van der Waals surface area contributed by atoms with E-state index in [1.807, 2.05) is 36.9 Å². The lowest BCUT2D eigenvalue weighted by molar-refractivity contribution is 0.0600. The van der Waals surface area contributed by atoms with Gasteiger partial charge in [-0.05, 0) is 69.7 Å². The van der Waals surface area contributed by atoms with Crippen LogP contribution in [0.3, 0.4) is 0 Å². The van der Waals surface area contributed by atoms with E-state index in [0.717, 1.165) is 38.0 Å². The first-order valence-corrected chi connectivity index (χ1v) is 8.70. The predicted molar refractivity (Wildman–Crippen MR) is 93.3 cm³/mol. The molecule has 1 N–H and O–H groups in total. The van der Waals surface area contributed by atoms with Gasteiger partial charge in [0.15, 0.2) is 0 Å². The van der Waals surface area contributed by atoms with Crippen molar-refractivity contribution < 1.29 is 14.3 Å². The molecule has 4 nitrogen and oxygen atoms in total. The number of aromatic hydroxyl groups is 1. The zero-order chi connectivity index (χ0) is 17.1. The zero-order valence-electron chi connectivity index (χ0n) is 14.4. The molecule has 2 aromatic rings. The first kappa shape index (κ1) is 16.6. The van der Waals surface area contributed by atoms with Crippen LogP contribution in [0.4, 0.5) is 0 Å². The Labute approximate surface area is 143 Å². The summed E-state index contributed by atoms with van der Waals surface area (Å²) >= 11 is 0. The molecule has 1 aliphatic heterocycles. The highest BCUT2D eigenvalue weighted by Crippen LogP contribution is 2.25. The highest BCUT2D eigenvalue weighted by atomic mass is 16.3. The van der Waals surface area contributed by atoms with Crippen molar-refractivity contribution in [1.29, 1.82) is 0 Å². The van der Waals surface area contributed by atoms with Gasteiger partial charge >= 0.3 is 0 Å². The van der Waals surface area contributed by atoms with Gasteiger partial charge in [-0.2, -0.15) is 0 Å². The smallest absolute Gasteiger partial charge is 0.257 e. The van der Waals surface area contributed by atoms with Crippen LogP contribution in [-0.2, 0) is 6.42 Å². The van der Waals surface area contributed by atoms with Crippen LogP contribution in [0, 0.1) is 13.8 Å². The van der Waals surface area contributed by atoms with Gasteiger partial charge in [0, 0.05) is 12.6 Å². The van der Waals surface area contributed by atoms with E-state index in [-0.39, 0.29) is 11.9 Å². The number of piperidine rings is 1. The number of carbonyl (C=O) groups is 1. The third-order valence-electron chi connectivity index (χ3n) is 4.86. The largest absolute Gasteiger partial charge is 0.508 e. The number of amides is 1. The van der Waals surface area contributed by atoms with Crippen LogP contribution in [0.1, 0.15) is 53.1 Å². The van der Waals surface area contributed by atoms with Crippen LogP contribution in [0.5, 0.6) is 5.75 Å². The number of furan rings is 1. The van der Waals surface area contributed by atoms with Crippen molar-refractivity contribution in [3.05, 3.63) is 53.0 Å². The Balaban J connectivity index is 1.70. The van der Waals surface area contributed by atoms with Crippen molar-refractivity contribution in [2.75, 3.05) is 6.54 Å². The Hall–Kier alpha value is -2.23. The molecule has 1 saturated heterocycles. The Morgan fingerprint density at radius 1 is 1.25 bits per heavy atom. The molecule has 0 radical (unpaired) electrons. The highest BCUT2D eigenvalue weighted by Gasteiger charge is 2.29. The number of benzene rings is 1. The first-order valence-electron chi connectivity index (χ1n) is 8.70. The number of carbonyl (C=O) groups excluding carboxylic acids is 1. The minimum absolute atomic E-state index is 0.0970. The summed E-state index contributed by atoms with van der Waals surface area (Å²) in [5, 5.41) is 9.38. The lowest BCUT2D eigenvalue weighted by atomic mass is 9.95. The van der Waals surface area contributed by atoms with Gasteiger partial charge in [-0.3, -0.25) is 4.79 Å². The van der Waals surface area contributed by atoms with Gasteiger partial charge in [0.25, 0.3) is 5.91 Å². The van der Waals surface area contributed by atoms with Crippen molar-refractivity contribution in [2.24, 2.45) is 0 Å². The number of rotatable bonds is 4. The first-order chi connectivity index (χ1) is 11.5. The van der Waals surface area contributed by atoms with Gasteiger partial charge in [-0.1, -0.05) is 12.1 Å². The van der Waals surface area contributed by atoms with Gasteiger partial charge < -0.3 is 14.4 Å². The molecule has 2 heterocycles. The number of nitrogens with zero attached hydrogens (tertiary/aromatic N) is 1. The van der Waals surface area contributed by atoms with Crippen LogP contribution < -0.4 is 0 Å².